The van der Waals surface area contributed by atoms with Crippen LogP contribution in [0.3, 0.4) is 0 Å². The van der Waals surface area contributed by atoms with Crippen LogP contribution in [0.15, 0.2) is 35.7 Å². The molecular weight excluding hydrogens is 249 g/mol. The van der Waals surface area contributed by atoms with Gasteiger partial charge in [-0.05, 0) is 42.1 Å². The monoisotopic (exact) mass is 275 g/mol. The summed E-state index contributed by atoms with van der Waals surface area (Å²) >= 11 is 0. The maximum absolute atomic E-state index is 8.24. The highest BCUT2D eigenvalue weighted by Crippen LogP contribution is 2.53. The van der Waals surface area contributed by atoms with Gasteiger partial charge in [0.15, 0.2) is 0 Å². The summed E-state index contributed by atoms with van der Waals surface area (Å²) in [5, 5.41) is 9.62. The Balaban J connectivity index is 2.94. The first-order valence-corrected chi connectivity index (χ1v) is 8.43. The predicted octanol–water partition coefficient (Wildman–Crippen LogP) is 5.57. The molecule has 1 rings (SSSR count). The van der Waals surface area contributed by atoms with Gasteiger partial charge in [-0.15, -0.1) is 0 Å². The third kappa shape index (κ3) is 4.58. The van der Waals surface area contributed by atoms with Crippen LogP contribution in [0.5, 0.6) is 0 Å². The lowest BCUT2D eigenvalue weighted by Crippen LogP contribution is -2.05. The summed E-state index contributed by atoms with van der Waals surface area (Å²) in [7, 11) is -0.149. The number of aryl methyl sites for hydroxylation is 1. The zero-order valence-electron chi connectivity index (χ0n) is 13.0. The van der Waals surface area contributed by atoms with Gasteiger partial charge in [0.05, 0.1) is 5.71 Å². The van der Waals surface area contributed by atoms with E-state index in [4.69, 9.17) is 5.41 Å². The van der Waals surface area contributed by atoms with Crippen LogP contribution < -0.4 is 0 Å². The van der Waals surface area contributed by atoms with E-state index in [0.717, 1.165) is 5.56 Å². The third-order valence-corrected chi connectivity index (χ3v) is 6.40. The van der Waals surface area contributed by atoms with E-state index in [0.29, 0.717) is 17.0 Å². The summed E-state index contributed by atoms with van der Waals surface area (Å²) in [5.41, 5.74) is 4.23. The first kappa shape index (κ1) is 16.1. The van der Waals surface area contributed by atoms with Crippen molar-refractivity contribution in [2.45, 2.75) is 52.9 Å². The van der Waals surface area contributed by atoms with E-state index < -0.39 is 0 Å². The van der Waals surface area contributed by atoms with Crippen LogP contribution in [0.2, 0.25) is 0 Å². The highest BCUT2D eigenvalue weighted by molar-refractivity contribution is 7.63. The molecule has 1 nitrogen and oxygen atoms in total. The summed E-state index contributed by atoms with van der Waals surface area (Å²) in [6.45, 7) is 13.4. The maximum Gasteiger partial charge on any atom is 0.0615 e. The lowest BCUT2D eigenvalue weighted by molar-refractivity contribution is 1.01. The number of nitrogens with one attached hydrogen (secondary N) is 1. The lowest BCUT2D eigenvalue weighted by Gasteiger charge is -2.26. The SMILES string of the molecule is C/C(=C\C(=N)c1ccc(C)cc1)P(C(C)C)C(C)C. The van der Waals surface area contributed by atoms with Crippen molar-refractivity contribution in [3.05, 3.63) is 46.8 Å². The van der Waals surface area contributed by atoms with Crippen LogP contribution in [0, 0.1) is 12.3 Å². The minimum Gasteiger partial charge on any atom is -0.300 e. The minimum absolute atomic E-state index is 0.149. The molecule has 0 unspecified atom stereocenters. The van der Waals surface area contributed by atoms with Gasteiger partial charge in [-0.1, -0.05) is 65.4 Å². The van der Waals surface area contributed by atoms with Crippen LogP contribution in [0.1, 0.15) is 45.7 Å². The van der Waals surface area contributed by atoms with E-state index in [2.05, 4.69) is 59.8 Å². The van der Waals surface area contributed by atoms with Crippen LogP contribution in [-0.2, 0) is 0 Å². The van der Waals surface area contributed by atoms with Gasteiger partial charge in [0.2, 0.25) is 0 Å². The average Bonchev–Trinajstić information content (AvgIpc) is 2.28. The quantitative estimate of drug-likeness (QED) is 0.537. The molecule has 2 heteroatoms. The standard InChI is InChI=1S/C17H26NP/c1-12(2)19(13(3)4)15(6)11-17(18)16-9-7-14(5)8-10-16/h7-13,18H,1-6H3/b15-11+,18-17?. The van der Waals surface area contributed by atoms with E-state index in [1.165, 1.54) is 10.9 Å². The minimum atomic E-state index is -0.149. The third-order valence-electron chi connectivity index (χ3n) is 3.24. The van der Waals surface area contributed by atoms with E-state index in [1.807, 2.05) is 12.1 Å². The maximum atomic E-state index is 8.24. The molecular formula is C17H26NP. The molecule has 0 atom stereocenters. The van der Waals surface area contributed by atoms with Crippen molar-refractivity contribution in [1.82, 2.24) is 0 Å². The van der Waals surface area contributed by atoms with Crippen molar-refractivity contribution in [1.29, 1.82) is 5.41 Å². The van der Waals surface area contributed by atoms with Crippen LogP contribution in [-0.4, -0.2) is 17.0 Å². The molecule has 0 aliphatic heterocycles. The second-order valence-electron chi connectivity index (χ2n) is 5.66. The second-order valence-corrected chi connectivity index (χ2v) is 9.25. The first-order valence-electron chi connectivity index (χ1n) is 6.95. The van der Waals surface area contributed by atoms with E-state index in [1.54, 1.807) is 0 Å². The summed E-state index contributed by atoms with van der Waals surface area (Å²) in [6.07, 6.45) is 2.07. The molecule has 0 aliphatic carbocycles. The highest BCUT2D eigenvalue weighted by Gasteiger charge is 2.18. The van der Waals surface area contributed by atoms with Crippen molar-refractivity contribution in [2.75, 3.05) is 0 Å². The highest BCUT2D eigenvalue weighted by atomic mass is 31.1. The predicted molar refractivity (Wildman–Crippen MR) is 89.0 cm³/mol. The molecule has 0 amide bonds. The summed E-state index contributed by atoms with van der Waals surface area (Å²) in [5.74, 6) is 0. The lowest BCUT2D eigenvalue weighted by atomic mass is 10.1. The number of hydrogen-bond donors (Lipinski definition) is 1. The van der Waals surface area contributed by atoms with Crippen molar-refractivity contribution >= 4 is 13.6 Å². The molecule has 19 heavy (non-hydrogen) atoms. The summed E-state index contributed by atoms with van der Waals surface area (Å²) in [4.78, 5) is 0. The molecule has 0 radical (unpaired) electrons. The topological polar surface area (TPSA) is 23.9 Å². The Morgan fingerprint density at radius 1 is 1.05 bits per heavy atom. The fourth-order valence-corrected chi connectivity index (χ4v) is 5.61. The van der Waals surface area contributed by atoms with Crippen LogP contribution in [0.25, 0.3) is 0 Å². The molecule has 104 valence electrons. The van der Waals surface area contributed by atoms with Gasteiger partial charge in [0, 0.05) is 0 Å². The molecule has 0 fully saturated rings. The van der Waals surface area contributed by atoms with Gasteiger partial charge in [0.1, 0.15) is 0 Å². The van der Waals surface area contributed by atoms with Gasteiger partial charge >= 0.3 is 0 Å². The Morgan fingerprint density at radius 2 is 1.53 bits per heavy atom. The average molecular weight is 275 g/mol. The molecule has 0 bridgehead atoms. The molecule has 0 aromatic heterocycles. The summed E-state index contributed by atoms with van der Waals surface area (Å²) in [6, 6.07) is 8.21. The van der Waals surface area contributed by atoms with Crippen molar-refractivity contribution in [2.24, 2.45) is 0 Å². The van der Waals surface area contributed by atoms with Gasteiger partial charge in [-0.25, -0.2) is 0 Å². The molecule has 0 spiro atoms. The normalized spacial score (nSPS) is 12.6. The number of hydrogen-bond acceptors (Lipinski definition) is 1. The zero-order valence-corrected chi connectivity index (χ0v) is 13.9. The first-order chi connectivity index (χ1) is 8.82. The second kappa shape index (κ2) is 7.01. The van der Waals surface area contributed by atoms with Gasteiger partial charge in [-0.2, -0.15) is 0 Å². The van der Waals surface area contributed by atoms with Crippen molar-refractivity contribution < 1.29 is 0 Å². The molecule has 0 saturated carbocycles. The van der Waals surface area contributed by atoms with Gasteiger partial charge in [-0.3, -0.25) is 0 Å². The molecule has 0 aliphatic rings. The number of allylic oxidation sites excluding steroid dienone is 2. The molecule has 1 aromatic carbocycles. The van der Waals surface area contributed by atoms with Crippen molar-refractivity contribution in [3.8, 4) is 0 Å². The molecule has 0 saturated heterocycles. The largest absolute Gasteiger partial charge is 0.300 e. The van der Waals surface area contributed by atoms with Gasteiger partial charge < -0.3 is 5.41 Å². The fourth-order valence-electron chi connectivity index (χ4n) is 2.51. The fraction of sp³-hybridized carbons (Fsp3) is 0.471. The number of benzene rings is 1. The molecule has 1 aromatic rings. The Labute approximate surface area is 119 Å². The van der Waals surface area contributed by atoms with E-state index in [9.17, 15) is 0 Å². The van der Waals surface area contributed by atoms with E-state index in [-0.39, 0.29) is 7.92 Å². The zero-order chi connectivity index (χ0) is 14.6. The van der Waals surface area contributed by atoms with E-state index >= 15 is 0 Å². The summed E-state index contributed by atoms with van der Waals surface area (Å²) < 4.78 is 0. The Hall–Kier alpha value is -0.940. The number of rotatable bonds is 5. The van der Waals surface area contributed by atoms with Gasteiger partial charge in [0.25, 0.3) is 0 Å². The van der Waals surface area contributed by atoms with Crippen LogP contribution >= 0.6 is 7.92 Å². The Morgan fingerprint density at radius 3 is 1.95 bits per heavy atom. The Bertz CT molecular complexity index is 447. The smallest absolute Gasteiger partial charge is 0.0615 e. The molecule has 0 heterocycles. The van der Waals surface area contributed by atoms with Crippen molar-refractivity contribution in [3.63, 3.8) is 0 Å². The van der Waals surface area contributed by atoms with Crippen LogP contribution in [0.4, 0.5) is 0 Å². The molecule has 1 N–H and O–H groups in total. The Kier molecular flexibility index (Phi) is 5.94.